The summed E-state index contributed by atoms with van der Waals surface area (Å²) in [7, 11) is 0. The number of halogens is 2. The first-order valence-corrected chi connectivity index (χ1v) is 8.08. The molecule has 0 aliphatic carbocycles. The largest absolute Gasteiger partial charge is 0.492 e. The Kier molecular flexibility index (Phi) is 5.69. The second-order valence-corrected chi connectivity index (χ2v) is 6.20. The van der Waals surface area contributed by atoms with Gasteiger partial charge in [0.15, 0.2) is 0 Å². The maximum Gasteiger partial charge on any atom is 0.138 e. The summed E-state index contributed by atoms with van der Waals surface area (Å²) in [6.07, 6.45) is 1.69. The van der Waals surface area contributed by atoms with E-state index in [2.05, 4.69) is 50.2 Å². The van der Waals surface area contributed by atoms with Crippen molar-refractivity contribution in [3.05, 3.63) is 50.8 Å². The molecule has 2 rings (SSSR count). The Morgan fingerprint density at radius 1 is 1.35 bits per heavy atom. The highest BCUT2D eigenvalue weighted by Crippen LogP contribution is 2.33. The summed E-state index contributed by atoms with van der Waals surface area (Å²) in [4.78, 5) is 0. The Balaban J connectivity index is 2.12. The molecule has 2 aromatic rings. The van der Waals surface area contributed by atoms with E-state index in [1.807, 2.05) is 25.1 Å². The standard InChI is InChI=1S/C15H17Br2NO2/c1-3-19-15-11(7-12(16)8-13(15)17)9-18-10(2)14-5-4-6-20-14/h4-8,10,18H,3,9H2,1-2H3/t10-/m1/s1. The Labute approximate surface area is 136 Å². The first kappa shape index (κ1) is 15.6. The van der Waals surface area contributed by atoms with Crippen LogP contribution in [-0.4, -0.2) is 6.61 Å². The summed E-state index contributed by atoms with van der Waals surface area (Å²) in [5.41, 5.74) is 1.10. The zero-order chi connectivity index (χ0) is 14.5. The third-order valence-electron chi connectivity index (χ3n) is 2.94. The van der Waals surface area contributed by atoms with Crippen LogP contribution in [0.4, 0.5) is 0 Å². The molecule has 0 aliphatic heterocycles. The Hall–Kier alpha value is -0.780. The van der Waals surface area contributed by atoms with E-state index < -0.39 is 0 Å². The Morgan fingerprint density at radius 3 is 2.80 bits per heavy atom. The molecule has 0 amide bonds. The molecule has 0 bridgehead atoms. The normalized spacial score (nSPS) is 12.4. The van der Waals surface area contributed by atoms with Crippen LogP contribution in [0.15, 0.2) is 43.9 Å². The summed E-state index contributed by atoms with van der Waals surface area (Å²) in [5, 5.41) is 3.44. The summed E-state index contributed by atoms with van der Waals surface area (Å²) < 4.78 is 13.1. The first-order valence-electron chi connectivity index (χ1n) is 6.49. The van der Waals surface area contributed by atoms with Gasteiger partial charge < -0.3 is 14.5 Å². The van der Waals surface area contributed by atoms with Gasteiger partial charge in [0.1, 0.15) is 11.5 Å². The molecule has 0 saturated carbocycles. The third-order valence-corrected chi connectivity index (χ3v) is 3.99. The zero-order valence-electron chi connectivity index (χ0n) is 11.5. The van der Waals surface area contributed by atoms with E-state index in [4.69, 9.17) is 9.15 Å². The van der Waals surface area contributed by atoms with Gasteiger partial charge in [-0.3, -0.25) is 0 Å². The van der Waals surface area contributed by atoms with Crippen LogP contribution in [0.5, 0.6) is 5.75 Å². The summed E-state index contributed by atoms with van der Waals surface area (Å²) in [6.45, 7) is 5.40. The average molecular weight is 403 g/mol. The minimum absolute atomic E-state index is 0.150. The minimum Gasteiger partial charge on any atom is -0.492 e. The van der Waals surface area contributed by atoms with Crippen molar-refractivity contribution in [1.29, 1.82) is 0 Å². The van der Waals surface area contributed by atoms with E-state index >= 15 is 0 Å². The van der Waals surface area contributed by atoms with E-state index in [1.54, 1.807) is 6.26 Å². The van der Waals surface area contributed by atoms with Crippen LogP contribution in [-0.2, 0) is 6.54 Å². The van der Waals surface area contributed by atoms with Crippen LogP contribution >= 0.6 is 31.9 Å². The van der Waals surface area contributed by atoms with Gasteiger partial charge in [-0.2, -0.15) is 0 Å². The summed E-state index contributed by atoms with van der Waals surface area (Å²) >= 11 is 7.06. The van der Waals surface area contributed by atoms with Crippen LogP contribution in [0.25, 0.3) is 0 Å². The number of hydrogen-bond acceptors (Lipinski definition) is 3. The van der Waals surface area contributed by atoms with Crippen molar-refractivity contribution in [2.24, 2.45) is 0 Å². The maximum absolute atomic E-state index is 5.71. The second-order valence-electron chi connectivity index (χ2n) is 4.43. The van der Waals surface area contributed by atoms with Crippen molar-refractivity contribution in [3.8, 4) is 5.75 Å². The minimum atomic E-state index is 0.150. The van der Waals surface area contributed by atoms with Gasteiger partial charge in [0.05, 0.1) is 23.4 Å². The summed E-state index contributed by atoms with van der Waals surface area (Å²) in [6, 6.07) is 8.08. The van der Waals surface area contributed by atoms with Crippen molar-refractivity contribution in [2.75, 3.05) is 6.61 Å². The van der Waals surface area contributed by atoms with Crippen LogP contribution in [0.3, 0.4) is 0 Å². The molecule has 0 unspecified atom stereocenters. The molecular weight excluding hydrogens is 386 g/mol. The molecule has 20 heavy (non-hydrogen) atoms. The quantitative estimate of drug-likeness (QED) is 0.733. The van der Waals surface area contributed by atoms with E-state index in [1.165, 1.54) is 0 Å². The third kappa shape index (κ3) is 3.87. The molecule has 1 heterocycles. The first-order chi connectivity index (χ1) is 9.61. The molecule has 5 heteroatoms. The van der Waals surface area contributed by atoms with Crippen LogP contribution in [0.1, 0.15) is 31.2 Å². The highest BCUT2D eigenvalue weighted by molar-refractivity contribution is 9.11. The molecule has 1 atom stereocenters. The van der Waals surface area contributed by atoms with Gasteiger partial charge in [0.2, 0.25) is 0 Å². The fraction of sp³-hybridized carbons (Fsp3) is 0.333. The molecule has 0 fully saturated rings. The van der Waals surface area contributed by atoms with Gasteiger partial charge in [-0.05, 0) is 54.0 Å². The van der Waals surface area contributed by atoms with E-state index in [0.717, 1.165) is 26.0 Å². The second kappa shape index (κ2) is 7.29. The summed E-state index contributed by atoms with van der Waals surface area (Å²) in [5.74, 6) is 1.81. The van der Waals surface area contributed by atoms with Crippen molar-refractivity contribution < 1.29 is 9.15 Å². The molecule has 108 valence electrons. The number of furan rings is 1. The molecule has 0 saturated heterocycles. The molecule has 1 aromatic heterocycles. The van der Waals surface area contributed by atoms with Gasteiger partial charge in [0, 0.05) is 16.6 Å². The number of nitrogens with one attached hydrogen (secondary N) is 1. The van der Waals surface area contributed by atoms with Gasteiger partial charge in [-0.25, -0.2) is 0 Å². The highest BCUT2D eigenvalue weighted by atomic mass is 79.9. The van der Waals surface area contributed by atoms with Crippen LogP contribution in [0, 0.1) is 0 Å². The van der Waals surface area contributed by atoms with Crippen LogP contribution in [0.2, 0.25) is 0 Å². The highest BCUT2D eigenvalue weighted by Gasteiger charge is 2.12. The van der Waals surface area contributed by atoms with E-state index in [0.29, 0.717) is 13.2 Å². The molecule has 0 radical (unpaired) electrons. The molecule has 0 spiro atoms. The van der Waals surface area contributed by atoms with Gasteiger partial charge in [-0.1, -0.05) is 15.9 Å². The number of hydrogen-bond donors (Lipinski definition) is 1. The molecule has 3 nitrogen and oxygen atoms in total. The van der Waals surface area contributed by atoms with E-state index in [9.17, 15) is 0 Å². The fourth-order valence-electron chi connectivity index (χ4n) is 1.95. The fourth-order valence-corrected chi connectivity index (χ4v) is 3.38. The molecule has 1 N–H and O–H groups in total. The molecule has 1 aromatic carbocycles. The number of rotatable bonds is 6. The lowest BCUT2D eigenvalue weighted by Crippen LogP contribution is -2.18. The van der Waals surface area contributed by atoms with Crippen LogP contribution < -0.4 is 10.1 Å². The van der Waals surface area contributed by atoms with Crippen molar-refractivity contribution in [2.45, 2.75) is 26.4 Å². The van der Waals surface area contributed by atoms with E-state index in [-0.39, 0.29) is 6.04 Å². The van der Waals surface area contributed by atoms with Gasteiger partial charge in [0.25, 0.3) is 0 Å². The molecular formula is C15H17Br2NO2. The van der Waals surface area contributed by atoms with Crippen molar-refractivity contribution >= 4 is 31.9 Å². The van der Waals surface area contributed by atoms with Crippen molar-refractivity contribution in [1.82, 2.24) is 5.32 Å². The number of ether oxygens (including phenoxy) is 1. The maximum atomic E-state index is 5.71. The lowest BCUT2D eigenvalue weighted by atomic mass is 10.1. The lowest BCUT2D eigenvalue weighted by molar-refractivity contribution is 0.331. The van der Waals surface area contributed by atoms with Gasteiger partial charge in [-0.15, -0.1) is 0 Å². The SMILES string of the molecule is CCOc1c(Br)cc(Br)cc1CN[C@H](C)c1ccco1. The Morgan fingerprint density at radius 2 is 2.15 bits per heavy atom. The lowest BCUT2D eigenvalue weighted by Gasteiger charge is -2.16. The predicted molar refractivity (Wildman–Crippen MR) is 87.0 cm³/mol. The molecule has 0 aliphatic rings. The van der Waals surface area contributed by atoms with Crippen molar-refractivity contribution in [3.63, 3.8) is 0 Å². The number of benzene rings is 1. The topological polar surface area (TPSA) is 34.4 Å². The monoisotopic (exact) mass is 401 g/mol. The predicted octanol–water partition coefficient (Wildman–Crippen LogP) is 5.05. The Bertz CT molecular complexity index is 555. The van der Waals surface area contributed by atoms with Gasteiger partial charge >= 0.3 is 0 Å². The smallest absolute Gasteiger partial charge is 0.138 e. The average Bonchev–Trinajstić information content (AvgIpc) is 2.93. The zero-order valence-corrected chi connectivity index (χ0v) is 14.6.